The average molecular weight is 345 g/mol. The molecule has 1 unspecified atom stereocenters. The summed E-state index contributed by atoms with van der Waals surface area (Å²) in [5.74, 6) is 0. The molecule has 2 aliphatic rings. The van der Waals surface area contributed by atoms with E-state index in [-0.39, 0.29) is 23.7 Å². The summed E-state index contributed by atoms with van der Waals surface area (Å²) in [5, 5.41) is 0. The minimum atomic E-state index is -0.296. The minimum Gasteiger partial charge on any atom is -0.399 e. The Morgan fingerprint density at radius 3 is 2.17 bits per heavy atom. The molecule has 0 N–H and O–H groups in total. The van der Waals surface area contributed by atoms with Gasteiger partial charge in [-0.15, -0.1) is 6.58 Å². The first-order valence-corrected chi connectivity index (χ1v) is 9.44. The molecule has 2 heterocycles. The Morgan fingerprint density at radius 1 is 1.08 bits per heavy atom. The summed E-state index contributed by atoms with van der Waals surface area (Å²) in [5.41, 5.74) is 0.733. The van der Waals surface area contributed by atoms with Gasteiger partial charge in [-0.3, -0.25) is 0 Å². The van der Waals surface area contributed by atoms with Crippen molar-refractivity contribution in [1.82, 2.24) is 4.31 Å². The first kappa shape index (κ1) is 18.1. The third-order valence-corrected chi connectivity index (χ3v) is 6.66. The van der Waals surface area contributed by atoms with Gasteiger partial charge in [-0.1, -0.05) is 25.1 Å². The van der Waals surface area contributed by atoms with Crippen molar-refractivity contribution in [2.75, 3.05) is 13.1 Å². The van der Waals surface area contributed by atoms with E-state index in [4.69, 9.17) is 9.31 Å². The maximum absolute atomic E-state index is 6.11. The topological polar surface area (TPSA) is 21.7 Å². The average Bonchev–Trinajstić information content (AvgIpc) is 2.98. The number of hydrogen-bond acceptors (Lipinski definition) is 4. The van der Waals surface area contributed by atoms with Crippen LogP contribution < -0.4 is 5.46 Å². The molecule has 24 heavy (non-hydrogen) atoms. The predicted octanol–water partition coefficient (Wildman–Crippen LogP) is 3.89. The highest BCUT2D eigenvalue weighted by Gasteiger charge is 2.51. The highest BCUT2D eigenvalue weighted by molar-refractivity contribution is 7.97. The fourth-order valence-corrected chi connectivity index (χ4v) is 4.10. The lowest BCUT2D eigenvalue weighted by atomic mass is 9.79. The fourth-order valence-electron chi connectivity index (χ4n) is 3.00. The van der Waals surface area contributed by atoms with Crippen LogP contribution in [0.15, 0.2) is 41.8 Å². The molecule has 0 amide bonds. The molecular weight excluding hydrogens is 317 g/mol. The van der Waals surface area contributed by atoms with Gasteiger partial charge in [0, 0.05) is 23.4 Å². The van der Waals surface area contributed by atoms with Crippen molar-refractivity contribution in [1.29, 1.82) is 0 Å². The smallest absolute Gasteiger partial charge is 0.399 e. The van der Waals surface area contributed by atoms with Crippen molar-refractivity contribution in [2.45, 2.75) is 57.1 Å². The minimum absolute atomic E-state index is 0.246. The highest BCUT2D eigenvalue weighted by Crippen LogP contribution is 2.38. The van der Waals surface area contributed by atoms with E-state index in [9.17, 15) is 0 Å². The number of benzene rings is 1. The Kier molecular flexibility index (Phi) is 4.67. The van der Waals surface area contributed by atoms with Gasteiger partial charge >= 0.3 is 7.12 Å². The summed E-state index contributed by atoms with van der Waals surface area (Å²) < 4.78 is 14.7. The van der Waals surface area contributed by atoms with Crippen LogP contribution in [0.3, 0.4) is 0 Å². The Bertz CT molecular complexity index is 600. The van der Waals surface area contributed by atoms with Gasteiger partial charge in [-0.25, -0.2) is 4.31 Å². The summed E-state index contributed by atoms with van der Waals surface area (Å²) in [7, 11) is -0.287. The molecule has 0 bridgehead atoms. The highest BCUT2D eigenvalue weighted by atomic mass is 32.2. The SMILES string of the molecule is C=CC1(C)CCN(Sc2ccc(B3OC(C)(C)C(C)(C)O3)cc2)C1. The first-order chi connectivity index (χ1) is 11.1. The molecule has 0 aliphatic carbocycles. The molecule has 1 aromatic rings. The normalized spacial score (nSPS) is 29.1. The molecule has 2 saturated heterocycles. The third kappa shape index (κ3) is 3.45. The van der Waals surface area contributed by atoms with Crippen LogP contribution in [0, 0.1) is 5.41 Å². The van der Waals surface area contributed by atoms with Crippen LogP contribution in [0.2, 0.25) is 0 Å². The van der Waals surface area contributed by atoms with Crippen LogP contribution in [-0.2, 0) is 9.31 Å². The molecule has 0 saturated carbocycles. The summed E-state index contributed by atoms with van der Waals surface area (Å²) in [6.45, 7) is 16.7. The second-order valence-electron chi connectivity index (χ2n) is 8.22. The van der Waals surface area contributed by atoms with Crippen molar-refractivity contribution < 1.29 is 9.31 Å². The van der Waals surface area contributed by atoms with Crippen molar-refractivity contribution in [3.8, 4) is 0 Å². The molecule has 3 nitrogen and oxygen atoms in total. The van der Waals surface area contributed by atoms with E-state index in [2.05, 4.69) is 75.8 Å². The lowest BCUT2D eigenvalue weighted by molar-refractivity contribution is 0.00578. The van der Waals surface area contributed by atoms with Gasteiger partial charge in [0.05, 0.1) is 11.2 Å². The maximum atomic E-state index is 6.11. The van der Waals surface area contributed by atoms with E-state index in [1.807, 2.05) is 11.9 Å². The van der Waals surface area contributed by atoms with Crippen LogP contribution in [-0.4, -0.2) is 35.7 Å². The van der Waals surface area contributed by atoms with Crippen LogP contribution in [0.5, 0.6) is 0 Å². The zero-order chi connectivity index (χ0) is 17.6. The second kappa shape index (κ2) is 6.20. The molecule has 2 fully saturated rings. The summed E-state index contributed by atoms with van der Waals surface area (Å²) >= 11 is 1.82. The van der Waals surface area contributed by atoms with Crippen LogP contribution in [0.1, 0.15) is 41.0 Å². The predicted molar refractivity (Wildman–Crippen MR) is 103 cm³/mol. The van der Waals surface area contributed by atoms with Gasteiger partial charge in [-0.2, -0.15) is 0 Å². The summed E-state index contributed by atoms with van der Waals surface area (Å²) in [4.78, 5) is 1.25. The fraction of sp³-hybridized carbons (Fsp3) is 0.579. The lowest BCUT2D eigenvalue weighted by Gasteiger charge is -2.32. The Labute approximate surface area is 151 Å². The van der Waals surface area contributed by atoms with Gasteiger partial charge in [0.1, 0.15) is 0 Å². The molecule has 1 aromatic carbocycles. The van der Waals surface area contributed by atoms with Crippen molar-refractivity contribution in [3.63, 3.8) is 0 Å². The van der Waals surface area contributed by atoms with Gasteiger partial charge < -0.3 is 9.31 Å². The number of rotatable bonds is 4. The summed E-state index contributed by atoms with van der Waals surface area (Å²) in [6.07, 6.45) is 3.27. The lowest BCUT2D eigenvalue weighted by Crippen LogP contribution is -2.41. The van der Waals surface area contributed by atoms with E-state index in [1.165, 1.54) is 11.3 Å². The van der Waals surface area contributed by atoms with E-state index >= 15 is 0 Å². The van der Waals surface area contributed by atoms with Crippen LogP contribution in [0.25, 0.3) is 0 Å². The number of hydrogen-bond donors (Lipinski definition) is 0. The van der Waals surface area contributed by atoms with Crippen LogP contribution >= 0.6 is 11.9 Å². The molecule has 2 aliphatic heterocycles. The zero-order valence-corrected chi connectivity index (χ0v) is 16.3. The second-order valence-corrected chi connectivity index (χ2v) is 9.39. The quantitative estimate of drug-likeness (QED) is 0.469. The van der Waals surface area contributed by atoms with Gasteiger partial charge in [0.15, 0.2) is 0 Å². The Hall–Kier alpha value is -0.745. The molecule has 0 aromatic heterocycles. The Morgan fingerprint density at radius 2 is 1.67 bits per heavy atom. The number of nitrogens with zero attached hydrogens (tertiary/aromatic N) is 1. The molecule has 5 heteroatoms. The molecule has 3 rings (SSSR count). The third-order valence-electron chi connectivity index (χ3n) is 5.60. The first-order valence-electron chi connectivity index (χ1n) is 8.66. The maximum Gasteiger partial charge on any atom is 0.494 e. The molecular formula is C19H28BNO2S. The molecule has 130 valence electrons. The van der Waals surface area contributed by atoms with E-state index in [1.54, 1.807) is 0 Å². The largest absolute Gasteiger partial charge is 0.494 e. The Balaban J connectivity index is 1.64. The van der Waals surface area contributed by atoms with E-state index < -0.39 is 0 Å². The standard InChI is InChI=1S/C19H28BNO2S/c1-7-19(6)12-13-21(14-19)24-16-10-8-15(9-11-16)20-22-17(2,3)18(4,5)23-20/h7-11H,1,12-14H2,2-6H3. The van der Waals surface area contributed by atoms with Crippen molar-refractivity contribution >= 4 is 24.5 Å². The van der Waals surface area contributed by atoms with Crippen molar-refractivity contribution in [2.24, 2.45) is 5.41 Å². The van der Waals surface area contributed by atoms with E-state index in [0.29, 0.717) is 0 Å². The molecule has 1 atom stereocenters. The van der Waals surface area contributed by atoms with Crippen molar-refractivity contribution in [3.05, 3.63) is 36.9 Å². The van der Waals surface area contributed by atoms with Crippen LogP contribution in [0.4, 0.5) is 0 Å². The summed E-state index contributed by atoms with van der Waals surface area (Å²) in [6, 6.07) is 8.56. The molecule has 0 radical (unpaired) electrons. The monoisotopic (exact) mass is 345 g/mol. The molecule has 0 spiro atoms. The van der Waals surface area contributed by atoms with Gasteiger partial charge in [-0.05, 0) is 63.7 Å². The van der Waals surface area contributed by atoms with E-state index in [0.717, 1.165) is 18.6 Å². The van der Waals surface area contributed by atoms with Gasteiger partial charge in [0.2, 0.25) is 0 Å². The zero-order valence-electron chi connectivity index (χ0n) is 15.5. The van der Waals surface area contributed by atoms with Gasteiger partial charge in [0.25, 0.3) is 0 Å².